The normalized spacial score (nSPS) is 24.2. The van der Waals surface area contributed by atoms with Crippen molar-refractivity contribution in [3.05, 3.63) is 23.8 Å². The molecule has 1 aliphatic heterocycles. The summed E-state index contributed by atoms with van der Waals surface area (Å²) in [5.41, 5.74) is 7.42. The van der Waals surface area contributed by atoms with Crippen LogP contribution in [0.2, 0.25) is 0 Å². The Labute approximate surface area is 149 Å². The van der Waals surface area contributed by atoms with Crippen LogP contribution >= 0.6 is 11.8 Å². The standard InChI is InChI=1S/C16H21N7OS/c17-10-2-1-3-11(6-10)22-16(24)12-7-23(4-5-25-12)15-13-14(19-8-18-13)20-9-21-15/h7-11H,1-6,17H2,(H,22,24)(H,18,19,20,21). The molecule has 0 bridgehead atoms. The summed E-state index contributed by atoms with van der Waals surface area (Å²) in [7, 11) is 0. The van der Waals surface area contributed by atoms with Crippen molar-refractivity contribution in [1.29, 1.82) is 0 Å². The highest BCUT2D eigenvalue weighted by Gasteiger charge is 2.25. The van der Waals surface area contributed by atoms with Crippen LogP contribution in [0.15, 0.2) is 23.8 Å². The first-order chi connectivity index (χ1) is 12.2. The van der Waals surface area contributed by atoms with Crippen molar-refractivity contribution in [2.24, 2.45) is 5.73 Å². The maximum absolute atomic E-state index is 12.6. The maximum atomic E-state index is 12.6. The second kappa shape index (κ2) is 7.01. The highest BCUT2D eigenvalue weighted by molar-refractivity contribution is 8.04. The number of aromatic amines is 1. The zero-order chi connectivity index (χ0) is 17.2. The molecule has 4 N–H and O–H groups in total. The Morgan fingerprint density at radius 1 is 1.36 bits per heavy atom. The number of carbonyl (C=O) groups excluding carboxylic acids is 1. The highest BCUT2D eigenvalue weighted by atomic mass is 32.2. The van der Waals surface area contributed by atoms with Crippen LogP contribution < -0.4 is 16.0 Å². The first kappa shape index (κ1) is 16.3. The Hall–Kier alpha value is -2.13. The summed E-state index contributed by atoms with van der Waals surface area (Å²) in [6.07, 6.45) is 8.95. The zero-order valence-corrected chi connectivity index (χ0v) is 14.6. The van der Waals surface area contributed by atoms with Crippen molar-refractivity contribution < 1.29 is 4.79 Å². The topological polar surface area (TPSA) is 113 Å². The number of hydrogen-bond donors (Lipinski definition) is 3. The van der Waals surface area contributed by atoms with Gasteiger partial charge in [0.15, 0.2) is 11.5 Å². The van der Waals surface area contributed by atoms with Crippen LogP contribution in [0.25, 0.3) is 11.2 Å². The molecule has 4 rings (SSSR count). The third-order valence-corrected chi connectivity index (χ3v) is 5.60. The summed E-state index contributed by atoms with van der Waals surface area (Å²) < 4.78 is 0. The van der Waals surface area contributed by atoms with Gasteiger partial charge in [0.1, 0.15) is 11.8 Å². The summed E-state index contributed by atoms with van der Waals surface area (Å²) in [5.74, 6) is 1.54. The monoisotopic (exact) mass is 359 g/mol. The first-order valence-electron chi connectivity index (χ1n) is 8.52. The van der Waals surface area contributed by atoms with Crippen molar-refractivity contribution in [3.8, 4) is 0 Å². The van der Waals surface area contributed by atoms with Gasteiger partial charge in [-0.05, 0) is 25.7 Å². The Morgan fingerprint density at radius 3 is 3.16 bits per heavy atom. The van der Waals surface area contributed by atoms with E-state index in [4.69, 9.17) is 5.73 Å². The summed E-state index contributed by atoms with van der Waals surface area (Å²) >= 11 is 1.57. The predicted molar refractivity (Wildman–Crippen MR) is 97.9 cm³/mol. The van der Waals surface area contributed by atoms with Crippen LogP contribution in [0.1, 0.15) is 25.7 Å². The average Bonchev–Trinajstić information content (AvgIpc) is 3.10. The molecule has 25 heavy (non-hydrogen) atoms. The minimum absolute atomic E-state index is 0.0243. The fraction of sp³-hybridized carbons (Fsp3) is 0.500. The van der Waals surface area contributed by atoms with Gasteiger partial charge in [-0.3, -0.25) is 4.79 Å². The molecule has 0 radical (unpaired) electrons. The van der Waals surface area contributed by atoms with Crippen molar-refractivity contribution in [1.82, 2.24) is 25.3 Å². The first-order valence-corrected chi connectivity index (χ1v) is 9.51. The maximum Gasteiger partial charge on any atom is 0.259 e. The average molecular weight is 359 g/mol. The molecular weight excluding hydrogens is 338 g/mol. The van der Waals surface area contributed by atoms with Gasteiger partial charge in [-0.1, -0.05) is 0 Å². The molecule has 2 atom stereocenters. The number of carbonyl (C=O) groups is 1. The number of amides is 1. The van der Waals surface area contributed by atoms with Crippen LogP contribution in [-0.2, 0) is 4.79 Å². The summed E-state index contributed by atoms with van der Waals surface area (Å²) in [6, 6.07) is 0.365. The molecule has 1 saturated carbocycles. The van der Waals surface area contributed by atoms with Crippen LogP contribution in [0.4, 0.5) is 5.82 Å². The van der Waals surface area contributed by atoms with E-state index in [0.29, 0.717) is 10.6 Å². The van der Waals surface area contributed by atoms with E-state index in [2.05, 4.69) is 25.3 Å². The number of H-pyrrole nitrogens is 1. The van der Waals surface area contributed by atoms with Gasteiger partial charge in [0.25, 0.3) is 5.91 Å². The highest BCUT2D eigenvalue weighted by Crippen LogP contribution is 2.28. The molecule has 132 valence electrons. The van der Waals surface area contributed by atoms with Gasteiger partial charge in [-0.15, -0.1) is 11.8 Å². The second-order valence-corrected chi connectivity index (χ2v) is 7.57. The van der Waals surface area contributed by atoms with Gasteiger partial charge in [-0.25, -0.2) is 15.0 Å². The largest absolute Gasteiger partial charge is 0.349 e. The number of aromatic nitrogens is 4. The molecule has 2 aromatic heterocycles. The fourth-order valence-electron chi connectivity index (χ4n) is 3.37. The van der Waals surface area contributed by atoms with Crippen molar-refractivity contribution in [2.75, 3.05) is 17.2 Å². The summed E-state index contributed by atoms with van der Waals surface area (Å²) in [4.78, 5) is 31.1. The summed E-state index contributed by atoms with van der Waals surface area (Å²) in [6.45, 7) is 0.779. The fourth-order valence-corrected chi connectivity index (χ4v) is 4.27. The van der Waals surface area contributed by atoms with E-state index in [1.54, 1.807) is 18.1 Å². The third-order valence-electron chi connectivity index (χ3n) is 4.61. The molecule has 1 fully saturated rings. The Kier molecular flexibility index (Phi) is 4.58. The minimum Gasteiger partial charge on any atom is -0.349 e. The lowest BCUT2D eigenvalue weighted by Gasteiger charge is -2.29. The van der Waals surface area contributed by atoms with Gasteiger partial charge in [0.05, 0.1) is 11.2 Å². The molecule has 2 aliphatic rings. The Morgan fingerprint density at radius 2 is 2.28 bits per heavy atom. The van der Waals surface area contributed by atoms with Gasteiger partial charge >= 0.3 is 0 Å². The Balaban J connectivity index is 1.52. The molecule has 2 unspecified atom stereocenters. The van der Waals surface area contributed by atoms with E-state index < -0.39 is 0 Å². The van der Waals surface area contributed by atoms with Gasteiger partial charge < -0.3 is 20.9 Å². The lowest BCUT2D eigenvalue weighted by molar-refractivity contribution is -0.117. The molecule has 1 aliphatic carbocycles. The van der Waals surface area contributed by atoms with E-state index in [-0.39, 0.29) is 18.0 Å². The number of imidazole rings is 1. The van der Waals surface area contributed by atoms with Crippen LogP contribution in [0, 0.1) is 0 Å². The molecule has 8 nitrogen and oxygen atoms in total. The molecule has 2 aromatic rings. The smallest absolute Gasteiger partial charge is 0.259 e. The number of nitrogens with one attached hydrogen (secondary N) is 2. The molecule has 0 spiro atoms. The lowest BCUT2D eigenvalue weighted by Crippen LogP contribution is -2.43. The van der Waals surface area contributed by atoms with Crippen molar-refractivity contribution in [2.45, 2.75) is 37.8 Å². The number of nitrogens with two attached hydrogens (primary N) is 1. The van der Waals surface area contributed by atoms with E-state index in [1.165, 1.54) is 6.33 Å². The van der Waals surface area contributed by atoms with Crippen LogP contribution in [0.3, 0.4) is 0 Å². The number of rotatable bonds is 3. The number of fused-ring (bicyclic) bond motifs is 1. The summed E-state index contributed by atoms with van der Waals surface area (Å²) in [5, 5.41) is 3.14. The molecule has 0 saturated heterocycles. The SMILES string of the molecule is NC1CCCC(NC(=O)C2=CN(c3ncnc4nc[nH]c34)CCS2)C1. The van der Waals surface area contributed by atoms with Gasteiger partial charge in [-0.2, -0.15) is 0 Å². The molecule has 9 heteroatoms. The second-order valence-electron chi connectivity index (χ2n) is 6.43. The van der Waals surface area contributed by atoms with E-state index >= 15 is 0 Å². The zero-order valence-electron chi connectivity index (χ0n) is 13.8. The molecule has 1 amide bonds. The van der Waals surface area contributed by atoms with Gasteiger partial charge in [0, 0.05) is 30.6 Å². The molecular formula is C16H21N7OS. The minimum atomic E-state index is -0.0243. The number of anilines is 1. The molecule has 3 heterocycles. The van der Waals surface area contributed by atoms with E-state index in [0.717, 1.165) is 49.3 Å². The number of hydrogen-bond acceptors (Lipinski definition) is 7. The molecule has 0 aromatic carbocycles. The van der Waals surface area contributed by atoms with Crippen LogP contribution in [0.5, 0.6) is 0 Å². The third kappa shape index (κ3) is 3.47. The van der Waals surface area contributed by atoms with E-state index in [1.807, 2.05) is 11.1 Å². The lowest BCUT2D eigenvalue weighted by atomic mass is 9.91. The predicted octanol–water partition coefficient (Wildman–Crippen LogP) is 1.13. The van der Waals surface area contributed by atoms with Gasteiger partial charge in [0.2, 0.25) is 0 Å². The number of nitrogens with zero attached hydrogens (tertiary/aromatic N) is 4. The number of thioether (sulfide) groups is 1. The van der Waals surface area contributed by atoms with Crippen molar-refractivity contribution >= 4 is 34.7 Å². The van der Waals surface area contributed by atoms with Crippen molar-refractivity contribution in [3.63, 3.8) is 0 Å². The quantitative estimate of drug-likeness (QED) is 0.753. The Bertz CT molecular complexity index is 805. The van der Waals surface area contributed by atoms with Crippen LogP contribution in [-0.4, -0.2) is 50.2 Å². The van der Waals surface area contributed by atoms with E-state index in [9.17, 15) is 4.79 Å².